The Bertz CT molecular complexity index is 749. The first-order chi connectivity index (χ1) is 10.8. The molecule has 2 aromatic rings. The highest BCUT2D eigenvalue weighted by atomic mass is 35.5. The second kappa shape index (κ2) is 5.60. The first kappa shape index (κ1) is 15.9. The molecule has 0 radical (unpaired) electrons. The van der Waals surface area contributed by atoms with Crippen LogP contribution in [-0.4, -0.2) is 32.7 Å². The van der Waals surface area contributed by atoms with E-state index in [-0.39, 0.29) is 11.3 Å². The van der Waals surface area contributed by atoms with Gasteiger partial charge in [-0.3, -0.25) is 4.79 Å². The first-order valence-corrected chi connectivity index (χ1v) is 8.05. The zero-order chi connectivity index (χ0) is 16.8. The van der Waals surface area contributed by atoms with Crippen molar-refractivity contribution in [1.29, 1.82) is 0 Å². The molecular formula is C16H20ClN5O. The van der Waals surface area contributed by atoms with E-state index in [0.29, 0.717) is 17.4 Å². The van der Waals surface area contributed by atoms with Crippen LogP contribution in [-0.2, 0) is 16.6 Å². The number of nitrogens with zero attached hydrogens (tertiary/aromatic N) is 5. The van der Waals surface area contributed by atoms with E-state index in [1.807, 2.05) is 45.9 Å². The second-order valence-corrected chi connectivity index (χ2v) is 7.26. The van der Waals surface area contributed by atoms with Crippen molar-refractivity contribution in [3.8, 4) is 0 Å². The van der Waals surface area contributed by atoms with Crippen molar-refractivity contribution < 1.29 is 4.79 Å². The van der Waals surface area contributed by atoms with E-state index in [4.69, 9.17) is 11.6 Å². The van der Waals surface area contributed by atoms with E-state index in [9.17, 15) is 4.79 Å². The number of carbonyl (C=O) groups is 1. The van der Waals surface area contributed by atoms with Crippen LogP contribution in [0.3, 0.4) is 0 Å². The number of fused-ring (bicyclic) bond motifs is 1. The zero-order valence-corrected chi connectivity index (χ0v) is 14.5. The average molecular weight is 334 g/mol. The highest BCUT2D eigenvalue weighted by molar-refractivity contribution is 6.32. The summed E-state index contributed by atoms with van der Waals surface area (Å²) in [5.74, 6) is 0.674. The summed E-state index contributed by atoms with van der Waals surface area (Å²) in [5.41, 5.74) is 1.69. The maximum absolute atomic E-state index is 13.0. The molecule has 0 saturated carbocycles. The Morgan fingerprint density at radius 1 is 1.35 bits per heavy atom. The van der Waals surface area contributed by atoms with Gasteiger partial charge in [0.05, 0.1) is 0 Å². The molecule has 1 aromatic heterocycles. The fourth-order valence-corrected chi connectivity index (χ4v) is 3.16. The van der Waals surface area contributed by atoms with Gasteiger partial charge in [0.2, 0.25) is 0 Å². The van der Waals surface area contributed by atoms with E-state index in [1.54, 1.807) is 9.58 Å². The van der Waals surface area contributed by atoms with E-state index < -0.39 is 6.04 Å². The lowest BCUT2D eigenvalue weighted by Gasteiger charge is -2.24. The summed E-state index contributed by atoms with van der Waals surface area (Å²) >= 11 is 6.23. The van der Waals surface area contributed by atoms with Crippen LogP contribution < -0.4 is 4.90 Å². The van der Waals surface area contributed by atoms with Crippen LogP contribution >= 0.6 is 11.6 Å². The molecule has 1 amide bonds. The Morgan fingerprint density at radius 2 is 2.09 bits per heavy atom. The van der Waals surface area contributed by atoms with Crippen LogP contribution in [0.4, 0.5) is 5.69 Å². The van der Waals surface area contributed by atoms with Gasteiger partial charge in [-0.2, -0.15) is 0 Å². The Balaban J connectivity index is 1.92. The fourth-order valence-electron chi connectivity index (χ4n) is 2.90. The second-order valence-electron chi connectivity index (χ2n) is 6.85. The highest BCUT2D eigenvalue weighted by Gasteiger charge is 2.33. The topological polar surface area (TPSA) is 63.9 Å². The van der Waals surface area contributed by atoms with Crippen LogP contribution in [0.15, 0.2) is 18.2 Å². The molecule has 6 nitrogen and oxygen atoms in total. The first-order valence-electron chi connectivity index (χ1n) is 7.68. The molecule has 23 heavy (non-hydrogen) atoms. The molecule has 0 bridgehead atoms. The summed E-state index contributed by atoms with van der Waals surface area (Å²) in [6.07, 6.45) is 0.773. The Labute approximate surface area is 140 Å². The molecule has 0 saturated heterocycles. The van der Waals surface area contributed by atoms with Gasteiger partial charge in [-0.1, -0.05) is 38.4 Å². The van der Waals surface area contributed by atoms with Crippen molar-refractivity contribution in [3.05, 3.63) is 34.6 Å². The van der Waals surface area contributed by atoms with Crippen molar-refractivity contribution in [2.45, 2.75) is 45.6 Å². The van der Waals surface area contributed by atoms with Gasteiger partial charge < -0.3 is 4.90 Å². The van der Waals surface area contributed by atoms with E-state index in [1.165, 1.54) is 0 Å². The third kappa shape index (κ3) is 2.72. The number of benzene rings is 1. The van der Waals surface area contributed by atoms with Crippen LogP contribution in [0.5, 0.6) is 0 Å². The monoisotopic (exact) mass is 333 g/mol. The van der Waals surface area contributed by atoms with Gasteiger partial charge in [-0.25, -0.2) is 4.68 Å². The standard InChI is InChI=1S/C16H20ClN5O/c1-10(22-15(16(2,3)4)18-19-20-22)14(23)21-9-8-11-12(17)6-5-7-13(11)21/h5-7,10H,8-9H2,1-4H3. The summed E-state index contributed by atoms with van der Waals surface area (Å²) < 4.78 is 1.62. The van der Waals surface area contributed by atoms with Gasteiger partial charge in [-0.15, -0.1) is 5.10 Å². The minimum absolute atomic E-state index is 0.0242. The lowest BCUT2D eigenvalue weighted by molar-refractivity contribution is -0.121. The minimum atomic E-state index is -0.468. The van der Waals surface area contributed by atoms with E-state index in [0.717, 1.165) is 17.7 Å². The van der Waals surface area contributed by atoms with E-state index >= 15 is 0 Å². The predicted molar refractivity (Wildman–Crippen MR) is 88.7 cm³/mol. The molecule has 2 heterocycles. The molecule has 0 aliphatic carbocycles. The smallest absolute Gasteiger partial charge is 0.251 e. The Morgan fingerprint density at radius 3 is 2.78 bits per heavy atom. The predicted octanol–water partition coefficient (Wildman–Crippen LogP) is 2.77. The lowest BCUT2D eigenvalue weighted by Crippen LogP contribution is -2.37. The maximum Gasteiger partial charge on any atom is 0.251 e. The summed E-state index contributed by atoms with van der Waals surface area (Å²) in [5, 5.41) is 12.6. The van der Waals surface area contributed by atoms with Crippen molar-refractivity contribution in [1.82, 2.24) is 20.2 Å². The Hall–Kier alpha value is -1.95. The van der Waals surface area contributed by atoms with Crippen LogP contribution in [0, 0.1) is 0 Å². The van der Waals surface area contributed by atoms with Crippen molar-refractivity contribution in [2.75, 3.05) is 11.4 Å². The summed E-state index contributed by atoms with van der Waals surface area (Å²) in [7, 11) is 0. The molecule has 0 spiro atoms. The van der Waals surface area contributed by atoms with Crippen LogP contribution in [0.25, 0.3) is 0 Å². The molecule has 0 N–H and O–H groups in total. The summed E-state index contributed by atoms with van der Waals surface area (Å²) in [6.45, 7) is 8.54. The quantitative estimate of drug-likeness (QED) is 0.847. The molecular weight excluding hydrogens is 314 g/mol. The van der Waals surface area contributed by atoms with Crippen LogP contribution in [0.1, 0.15) is 45.1 Å². The number of hydrogen-bond donors (Lipinski definition) is 0. The van der Waals surface area contributed by atoms with Gasteiger partial charge in [0.1, 0.15) is 6.04 Å². The van der Waals surface area contributed by atoms with Crippen LogP contribution in [0.2, 0.25) is 5.02 Å². The number of anilines is 1. The van der Waals surface area contributed by atoms with Crippen molar-refractivity contribution >= 4 is 23.2 Å². The maximum atomic E-state index is 13.0. The normalized spacial score (nSPS) is 15.6. The molecule has 3 rings (SSSR count). The third-order valence-electron chi connectivity index (χ3n) is 4.12. The SMILES string of the molecule is CC(C(=O)N1CCc2c(Cl)cccc21)n1nnnc1C(C)(C)C. The van der Waals surface area contributed by atoms with Crippen molar-refractivity contribution in [3.63, 3.8) is 0 Å². The summed E-state index contributed by atoms with van der Waals surface area (Å²) in [6, 6.07) is 5.19. The molecule has 1 aliphatic rings. The highest BCUT2D eigenvalue weighted by Crippen LogP contribution is 2.34. The number of aromatic nitrogens is 4. The number of carbonyl (C=O) groups excluding carboxylic acids is 1. The molecule has 1 aromatic carbocycles. The van der Waals surface area contributed by atoms with E-state index in [2.05, 4.69) is 15.5 Å². The number of hydrogen-bond acceptors (Lipinski definition) is 4. The Kier molecular flexibility index (Phi) is 3.88. The molecule has 1 unspecified atom stereocenters. The number of amides is 1. The average Bonchev–Trinajstić information content (AvgIpc) is 3.12. The number of tetrazole rings is 1. The van der Waals surface area contributed by atoms with Gasteiger partial charge in [0.25, 0.3) is 5.91 Å². The molecule has 0 fully saturated rings. The van der Waals surface area contributed by atoms with Gasteiger partial charge in [-0.05, 0) is 41.5 Å². The van der Waals surface area contributed by atoms with Gasteiger partial charge >= 0.3 is 0 Å². The molecule has 122 valence electrons. The fraction of sp³-hybridized carbons (Fsp3) is 0.500. The third-order valence-corrected chi connectivity index (χ3v) is 4.48. The molecule has 7 heteroatoms. The largest absolute Gasteiger partial charge is 0.310 e. The minimum Gasteiger partial charge on any atom is -0.310 e. The summed E-state index contributed by atoms with van der Waals surface area (Å²) in [4.78, 5) is 14.7. The lowest BCUT2D eigenvalue weighted by atomic mass is 9.95. The van der Waals surface area contributed by atoms with Gasteiger partial charge in [0, 0.05) is 22.7 Å². The molecule has 1 atom stereocenters. The molecule has 1 aliphatic heterocycles. The number of rotatable bonds is 2. The van der Waals surface area contributed by atoms with Gasteiger partial charge in [0.15, 0.2) is 5.82 Å². The number of halogens is 1. The zero-order valence-electron chi connectivity index (χ0n) is 13.7. The van der Waals surface area contributed by atoms with Crippen molar-refractivity contribution in [2.24, 2.45) is 0 Å².